The van der Waals surface area contributed by atoms with Crippen LogP contribution in [0.1, 0.15) is 24.1 Å². The lowest BCUT2D eigenvalue weighted by molar-refractivity contribution is 0.645. The first kappa shape index (κ1) is 11.5. The fraction of sp³-hybridized carbons (Fsp3) is 0.308. The number of hydrogen-bond acceptors (Lipinski definition) is 2. The zero-order valence-electron chi connectivity index (χ0n) is 9.21. The summed E-state index contributed by atoms with van der Waals surface area (Å²) in [6, 6.07) is 8.05. The van der Waals surface area contributed by atoms with Crippen LogP contribution in [0.2, 0.25) is 0 Å². The van der Waals surface area contributed by atoms with E-state index in [0.717, 1.165) is 47.1 Å². The van der Waals surface area contributed by atoms with E-state index in [2.05, 4.69) is 31.9 Å². The lowest BCUT2D eigenvalue weighted by Gasteiger charge is -2.30. The number of benzene rings is 1. The zero-order chi connectivity index (χ0) is 12.0. The number of nitrogen functional groups attached to an aromatic ring is 1. The number of halogens is 2. The van der Waals surface area contributed by atoms with Crippen LogP contribution in [0.5, 0.6) is 0 Å². The Hall–Kier alpha value is -0.610. The van der Waals surface area contributed by atoms with Gasteiger partial charge in [0.05, 0.1) is 5.52 Å². The number of aromatic nitrogens is 1. The Morgan fingerprint density at radius 3 is 2.82 bits per heavy atom. The number of nitrogens with two attached hydrogens (primary N) is 1. The van der Waals surface area contributed by atoms with Crippen molar-refractivity contribution in [3.63, 3.8) is 0 Å². The lowest BCUT2D eigenvalue weighted by Crippen LogP contribution is -2.21. The number of rotatable bonds is 0. The van der Waals surface area contributed by atoms with Crippen LogP contribution in [0.15, 0.2) is 24.3 Å². The Labute approximate surface area is 117 Å². The van der Waals surface area contributed by atoms with Crippen LogP contribution < -0.4 is 5.73 Å². The molecule has 0 fully saturated rings. The summed E-state index contributed by atoms with van der Waals surface area (Å²) < 4.78 is -0.214. The normalized spacial score (nSPS) is 18.0. The smallest absolute Gasteiger partial charge is 0.109 e. The molecule has 1 aromatic heterocycles. The number of alkyl halides is 2. The lowest BCUT2D eigenvalue weighted by atomic mass is 9.92. The van der Waals surface area contributed by atoms with E-state index >= 15 is 0 Å². The van der Waals surface area contributed by atoms with Gasteiger partial charge in [0.2, 0.25) is 0 Å². The molecule has 4 heteroatoms. The highest BCUT2D eigenvalue weighted by molar-refractivity contribution is 9.24. The van der Waals surface area contributed by atoms with Crippen molar-refractivity contribution in [3.05, 3.63) is 35.5 Å². The first-order valence-corrected chi connectivity index (χ1v) is 7.23. The van der Waals surface area contributed by atoms with Crippen molar-refractivity contribution in [3.8, 4) is 0 Å². The third kappa shape index (κ3) is 1.78. The number of para-hydroxylation sites is 1. The topological polar surface area (TPSA) is 38.9 Å². The van der Waals surface area contributed by atoms with E-state index in [-0.39, 0.29) is 3.23 Å². The fourth-order valence-corrected chi connectivity index (χ4v) is 3.93. The van der Waals surface area contributed by atoms with Gasteiger partial charge >= 0.3 is 0 Å². The predicted molar refractivity (Wildman–Crippen MR) is 78.6 cm³/mol. The van der Waals surface area contributed by atoms with E-state index in [1.165, 1.54) is 0 Å². The molecule has 0 saturated heterocycles. The summed E-state index contributed by atoms with van der Waals surface area (Å²) >= 11 is 7.45. The maximum atomic E-state index is 6.32. The Morgan fingerprint density at radius 1 is 1.24 bits per heavy atom. The second-order valence-corrected chi connectivity index (χ2v) is 8.19. The second-order valence-electron chi connectivity index (χ2n) is 4.42. The van der Waals surface area contributed by atoms with E-state index in [1.54, 1.807) is 0 Å². The molecule has 2 N–H and O–H groups in total. The Morgan fingerprint density at radius 2 is 2.00 bits per heavy atom. The number of anilines is 1. The van der Waals surface area contributed by atoms with Gasteiger partial charge in [0.25, 0.3) is 0 Å². The molecule has 0 amide bonds. The van der Waals surface area contributed by atoms with Crippen LogP contribution in [0.4, 0.5) is 5.69 Å². The minimum absolute atomic E-state index is 0.214. The van der Waals surface area contributed by atoms with Crippen LogP contribution in [0, 0.1) is 0 Å². The highest BCUT2D eigenvalue weighted by Crippen LogP contribution is 2.50. The summed E-state index contributed by atoms with van der Waals surface area (Å²) in [5, 5.41) is 1.04. The summed E-state index contributed by atoms with van der Waals surface area (Å²) in [7, 11) is 0. The average molecular weight is 356 g/mol. The third-order valence-corrected chi connectivity index (χ3v) is 4.86. The molecule has 1 aliphatic rings. The van der Waals surface area contributed by atoms with Gasteiger partial charge in [-0.1, -0.05) is 50.1 Å². The fourth-order valence-electron chi connectivity index (χ4n) is 2.48. The standard InChI is InChI=1S/C13H12Br2N2/c14-13(15)7-3-6-10-11(13)12(16)8-4-1-2-5-9(8)17-10/h1-2,4-5H,3,6-7H2,(H2,16,17). The van der Waals surface area contributed by atoms with E-state index in [4.69, 9.17) is 10.7 Å². The number of hydrogen-bond donors (Lipinski definition) is 1. The van der Waals surface area contributed by atoms with Gasteiger partial charge in [-0.05, 0) is 25.3 Å². The van der Waals surface area contributed by atoms with Crippen LogP contribution in [-0.4, -0.2) is 4.98 Å². The summed E-state index contributed by atoms with van der Waals surface area (Å²) in [6.07, 6.45) is 3.15. The second kappa shape index (κ2) is 3.95. The SMILES string of the molecule is Nc1c2c(nc3ccccc13)CCCC2(Br)Br. The number of aryl methyl sites for hydroxylation is 1. The predicted octanol–water partition coefficient (Wildman–Crippen LogP) is 4.10. The highest BCUT2D eigenvalue weighted by Gasteiger charge is 2.34. The molecule has 1 aromatic carbocycles. The maximum Gasteiger partial charge on any atom is 0.109 e. The van der Waals surface area contributed by atoms with Crippen molar-refractivity contribution >= 4 is 48.5 Å². The van der Waals surface area contributed by atoms with Crippen molar-refractivity contribution in [1.29, 1.82) is 0 Å². The Balaban J connectivity index is 2.39. The molecule has 0 aliphatic heterocycles. The third-order valence-electron chi connectivity index (χ3n) is 3.28. The van der Waals surface area contributed by atoms with E-state index < -0.39 is 0 Å². The van der Waals surface area contributed by atoms with Crippen LogP contribution in [0.3, 0.4) is 0 Å². The molecule has 0 saturated carbocycles. The van der Waals surface area contributed by atoms with Crippen molar-refractivity contribution in [2.75, 3.05) is 5.73 Å². The largest absolute Gasteiger partial charge is 0.398 e. The van der Waals surface area contributed by atoms with Gasteiger partial charge in [-0.3, -0.25) is 4.98 Å². The van der Waals surface area contributed by atoms with Crippen LogP contribution in [-0.2, 0) is 9.65 Å². The molecular weight excluding hydrogens is 344 g/mol. The molecular formula is C13H12Br2N2. The van der Waals surface area contributed by atoms with Crippen molar-refractivity contribution in [1.82, 2.24) is 4.98 Å². The molecule has 0 spiro atoms. The Kier molecular flexibility index (Phi) is 2.67. The zero-order valence-corrected chi connectivity index (χ0v) is 12.4. The Bertz CT molecular complexity index is 593. The van der Waals surface area contributed by atoms with Crippen LogP contribution in [0.25, 0.3) is 10.9 Å². The molecule has 17 heavy (non-hydrogen) atoms. The summed E-state index contributed by atoms with van der Waals surface area (Å²) in [5.41, 5.74) is 10.4. The first-order chi connectivity index (χ1) is 8.09. The van der Waals surface area contributed by atoms with Crippen LogP contribution >= 0.6 is 31.9 Å². The number of pyridine rings is 1. The van der Waals surface area contributed by atoms with Crippen molar-refractivity contribution in [2.24, 2.45) is 0 Å². The van der Waals surface area contributed by atoms with Gasteiger partial charge < -0.3 is 5.73 Å². The maximum absolute atomic E-state index is 6.32. The van der Waals surface area contributed by atoms with Gasteiger partial charge in [0.15, 0.2) is 0 Å². The van der Waals surface area contributed by atoms with Gasteiger partial charge in [-0.25, -0.2) is 0 Å². The molecule has 0 bridgehead atoms. The average Bonchev–Trinajstić information content (AvgIpc) is 2.28. The van der Waals surface area contributed by atoms with Gasteiger partial charge in [0.1, 0.15) is 3.23 Å². The quantitative estimate of drug-likeness (QED) is 0.722. The molecule has 0 radical (unpaired) electrons. The molecule has 1 aliphatic carbocycles. The molecule has 2 aromatic rings. The minimum Gasteiger partial charge on any atom is -0.398 e. The first-order valence-electron chi connectivity index (χ1n) is 5.65. The van der Waals surface area contributed by atoms with Gasteiger partial charge in [-0.15, -0.1) is 0 Å². The summed E-state index contributed by atoms with van der Waals surface area (Å²) in [5.74, 6) is 0. The minimum atomic E-state index is -0.214. The van der Waals surface area contributed by atoms with Gasteiger partial charge in [0, 0.05) is 22.3 Å². The molecule has 2 nitrogen and oxygen atoms in total. The molecule has 0 unspecified atom stereocenters. The van der Waals surface area contributed by atoms with E-state index in [0.29, 0.717) is 0 Å². The summed E-state index contributed by atoms with van der Waals surface area (Å²) in [4.78, 5) is 4.73. The molecule has 88 valence electrons. The highest BCUT2D eigenvalue weighted by atomic mass is 79.9. The molecule has 1 heterocycles. The molecule has 0 atom stereocenters. The van der Waals surface area contributed by atoms with Crippen molar-refractivity contribution in [2.45, 2.75) is 22.5 Å². The molecule has 3 rings (SSSR count). The number of fused-ring (bicyclic) bond motifs is 2. The van der Waals surface area contributed by atoms with Gasteiger partial charge in [-0.2, -0.15) is 0 Å². The van der Waals surface area contributed by atoms with E-state index in [9.17, 15) is 0 Å². The monoisotopic (exact) mass is 354 g/mol. The van der Waals surface area contributed by atoms with Crippen molar-refractivity contribution < 1.29 is 0 Å². The van der Waals surface area contributed by atoms with E-state index in [1.807, 2.05) is 24.3 Å². The number of nitrogens with zero attached hydrogens (tertiary/aromatic N) is 1. The summed E-state index contributed by atoms with van der Waals surface area (Å²) in [6.45, 7) is 0.